The standard InChI is InChI=1S/C21H21Cl2NO5/c1-10-15(19(25)12-8-11(27-4)6-7-14(12)28-5)16-13(9-24(2)3)20(26)17(22)18(23)21(16)29-10/h6-8,26H,9H2,1-5H3. The number of halogens is 2. The summed E-state index contributed by atoms with van der Waals surface area (Å²) in [6, 6.07) is 4.96. The van der Waals surface area contributed by atoms with Crippen molar-refractivity contribution in [2.75, 3.05) is 28.3 Å². The Balaban J connectivity index is 2.36. The van der Waals surface area contributed by atoms with Crippen LogP contribution in [0.3, 0.4) is 0 Å². The smallest absolute Gasteiger partial charge is 0.201 e. The van der Waals surface area contributed by atoms with Crippen LogP contribution in [0.2, 0.25) is 10.0 Å². The number of methoxy groups -OCH3 is 2. The molecule has 0 aliphatic carbocycles. The van der Waals surface area contributed by atoms with Crippen molar-refractivity contribution in [2.24, 2.45) is 0 Å². The maximum absolute atomic E-state index is 13.6. The van der Waals surface area contributed by atoms with E-state index in [1.54, 1.807) is 25.1 Å². The van der Waals surface area contributed by atoms with Crippen LogP contribution < -0.4 is 9.47 Å². The molecule has 0 saturated heterocycles. The predicted molar refractivity (Wildman–Crippen MR) is 113 cm³/mol. The van der Waals surface area contributed by atoms with Gasteiger partial charge in [-0.05, 0) is 39.2 Å². The van der Waals surface area contributed by atoms with Crippen molar-refractivity contribution in [3.8, 4) is 17.2 Å². The first kappa shape index (κ1) is 21.3. The SMILES string of the molecule is COc1ccc(OC)c(C(=O)c2c(C)oc3c(Cl)c(Cl)c(O)c(CN(C)C)c23)c1. The summed E-state index contributed by atoms with van der Waals surface area (Å²) in [5.41, 5.74) is 1.31. The Hall–Kier alpha value is -2.41. The molecule has 0 aliphatic heterocycles. The van der Waals surface area contributed by atoms with E-state index in [1.807, 2.05) is 19.0 Å². The highest BCUT2D eigenvalue weighted by Gasteiger charge is 2.29. The van der Waals surface area contributed by atoms with E-state index in [9.17, 15) is 9.90 Å². The Morgan fingerprint density at radius 1 is 1.17 bits per heavy atom. The summed E-state index contributed by atoms with van der Waals surface area (Å²) in [6.45, 7) is 1.99. The minimum atomic E-state index is -0.338. The normalized spacial score (nSPS) is 11.3. The van der Waals surface area contributed by atoms with Crippen LogP contribution in [-0.4, -0.2) is 44.1 Å². The van der Waals surface area contributed by atoms with Crippen molar-refractivity contribution in [3.63, 3.8) is 0 Å². The molecule has 2 aromatic carbocycles. The summed E-state index contributed by atoms with van der Waals surface area (Å²) in [5, 5.41) is 11.1. The molecule has 0 atom stereocenters. The van der Waals surface area contributed by atoms with Gasteiger partial charge in [0.2, 0.25) is 5.78 Å². The molecule has 0 spiro atoms. The molecule has 6 nitrogen and oxygen atoms in total. The minimum absolute atomic E-state index is 0.0114. The monoisotopic (exact) mass is 437 g/mol. The van der Waals surface area contributed by atoms with Gasteiger partial charge in [-0.15, -0.1) is 0 Å². The van der Waals surface area contributed by atoms with Crippen molar-refractivity contribution in [1.82, 2.24) is 4.90 Å². The van der Waals surface area contributed by atoms with Crippen LogP contribution in [0.25, 0.3) is 11.0 Å². The van der Waals surface area contributed by atoms with Gasteiger partial charge in [0.1, 0.15) is 33.1 Å². The average molecular weight is 438 g/mol. The Morgan fingerprint density at radius 2 is 1.86 bits per heavy atom. The number of furan rings is 1. The van der Waals surface area contributed by atoms with Gasteiger partial charge in [0.15, 0.2) is 5.58 Å². The number of benzene rings is 2. The molecule has 0 unspecified atom stereocenters. The number of nitrogens with zero attached hydrogens (tertiary/aromatic N) is 1. The number of ether oxygens (including phenoxy) is 2. The van der Waals surface area contributed by atoms with Crippen LogP contribution in [-0.2, 0) is 6.54 Å². The van der Waals surface area contributed by atoms with Crippen molar-refractivity contribution < 1.29 is 23.8 Å². The number of hydrogen-bond acceptors (Lipinski definition) is 6. The van der Waals surface area contributed by atoms with Gasteiger partial charge in [0.05, 0.1) is 25.3 Å². The number of ketones is 1. The molecular weight excluding hydrogens is 417 g/mol. The Bertz CT molecular complexity index is 1100. The summed E-state index contributed by atoms with van der Waals surface area (Å²) in [4.78, 5) is 15.4. The predicted octanol–water partition coefficient (Wildman–Crippen LogP) is 5.06. The molecule has 0 bridgehead atoms. The summed E-state index contributed by atoms with van der Waals surface area (Å²) >= 11 is 12.5. The van der Waals surface area contributed by atoms with E-state index in [4.69, 9.17) is 37.1 Å². The van der Waals surface area contributed by atoms with Crippen LogP contribution in [0.15, 0.2) is 22.6 Å². The van der Waals surface area contributed by atoms with Gasteiger partial charge in [-0.1, -0.05) is 23.2 Å². The molecule has 8 heteroatoms. The largest absolute Gasteiger partial charge is 0.506 e. The van der Waals surface area contributed by atoms with Crippen LogP contribution in [0.5, 0.6) is 17.2 Å². The first-order valence-electron chi connectivity index (χ1n) is 8.74. The highest BCUT2D eigenvalue weighted by molar-refractivity contribution is 6.46. The lowest BCUT2D eigenvalue weighted by Gasteiger charge is -2.15. The molecule has 1 heterocycles. The third-order valence-corrected chi connectivity index (χ3v) is 5.45. The van der Waals surface area contributed by atoms with Crippen molar-refractivity contribution in [2.45, 2.75) is 13.5 Å². The average Bonchev–Trinajstić information content (AvgIpc) is 3.05. The van der Waals surface area contributed by atoms with E-state index in [-0.39, 0.29) is 32.7 Å². The first-order chi connectivity index (χ1) is 13.7. The van der Waals surface area contributed by atoms with Gasteiger partial charge in [0.25, 0.3) is 0 Å². The molecule has 1 aromatic heterocycles. The second-order valence-corrected chi connectivity index (χ2v) is 7.58. The number of phenolic OH excluding ortho intramolecular Hbond substituents is 1. The van der Waals surface area contributed by atoms with Gasteiger partial charge in [0, 0.05) is 17.5 Å². The van der Waals surface area contributed by atoms with E-state index < -0.39 is 0 Å². The highest BCUT2D eigenvalue weighted by Crippen LogP contribution is 2.46. The van der Waals surface area contributed by atoms with E-state index in [0.29, 0.717) is 40.3 Å². The summed E-state index contributed by atoms with van der Waals surface area (Å²) in [7, 11) is 6.68. The number of aromatic hydroxyl groups is 1. The van der Waals surface area contributed by atoms with Gasteiger partial charge < -0.3 is 23.9 Å². The number of carbonyl (C=O) groups excluding carboxylic acids is 1. The van der Waals surface area contributed by atoms with E-state index in [0.717, 1.165) is 0 Å². The van der Waals surface area contributed by atoms with Crippen molar-refractivity contribution in [1.29, 1.82) is 0 Å². The van der Waals surface area contributed by atoms with Gasteiger partial charge in [-0.2, -0.15) is 0 Å². The summed E-state index contributed by atoms with van der Waals surface area (Å²) in [5.74, 6) is 0.749. The number of aryl methyl sites for hydroxylation is 1. The zero-order valence-electron chi connectivity index (χ0n) is 16.7. The van der Waals surface area contributed by atoms with Crippen LogP contribution in [0.4, 0.5) is 0 Å². The van der Waals surface area contributed by atoms with Crippen molar-refractivity contribution >= 4 is 40.0 Å². The van der Waals surface area contributed by atoms with Crippen LogP contribution in [0.1, 0.15) is 27.2 Å². The molecule has 3 aromatic rings. The molecule has 0 radical (unpaired) electrons. The first-order valence-corrected chi connectivity index (χ1v) is 9.50. The molecule has 1 N–H and O–H groups in total. The second-order valence-electron chi connectivity index (χ2n) is 6.83. The Morgan fingerprint density at radius 3 is 2.45 bits per heavy atom. The van der Waals surface area contributed by atoms with Crippen LogP contribution in [0, 0.1) is 6.92 Å². The van der Waals surface area contributed by atoms with Gasteiger partial charge >= 0.3 is 0 Å². The molecule has 0 aliphatic rings. The quantitative estimate of drug-likeness (QED) is 0.543. The minimum Gasteiger partial charge on any atom is -0.506 e. The highest BCUT2D eigenvalue weighted by atomic mass is 35.5. The number of carbonyl (C=O) groups is 1. The zero-order valence-corrected chi connectivity index (χ0v) is 18.2. The third kappa shape index (κ3) is 3.64. The fourth-order valence-electron chi connectivity index (χ4n) is 3.31. The lowest BCUT2D eigenvalue weighted by atomic mass is 9.96. The van der Waals surface area contributed by atoms with Crippen LogP contribution >= 0.6 is 23.2 Å². The maximum atomic E-state index is 13.6. The fourth-order valence-corrected chi connectivity index (χ4v) is 3.73. The number of rotatable bonds is 6. The number of fused-ring (bicyclic) bond motifs is 1. The topological polar surface area (TPSA) is 72.1 Å². The lowest BCUT2D eigenvalue weighted by Crippen LogP contribution is -2.12. The lowest BCUT2D eigenvalue weighted by molar-refractivity contribution is 0.103. The summed E-state index contributed by atoms with van der Waals surface area (Å²) < 4.78 is 16.4. The molecule has 3 rings (SSSR count). The summed E-state index contributed by atoms with van der Waals surface area (Å²) in [6.07, 6.45) is 0. The maximum Gasteiger partial charge on any atom is 0.201 e. The van der Waals surface area contributed by atoms with Gasteiger partial charge in [-0.25, -0.2) is 0 Å². The van der Waals surface area contributed by atoms with E-state index in [2.05, 4.69) is 0 Å². The molecule has 154 valence electrons. The zero-order chi connectivity index (χ0) is 21.5. The fraction of sp³-hybridized carbons (Fsp3) is 0.286. The second kappa shape index (κ2) is 8.14. The van der Waals surface area contributed by atoms with E-state index in [1.165, 1.54) is 14.2 Å². The Kier molecular flexibility index (Phi) is 5.98. The molecule has 0 fully saturated rings. The van der Waals surface area contributed by atoms with E-state index >= 15 is 0 Å². The molecule has 0 saturated carbocycles. The van der Waals surface area contributed by atoms with Crippen molar-refractivity contribution in [3.05, 3.63) is 50.7 Å². The molecule has 29 heavy (non-hydrogen) atoms. The Labute approximate surface area is 178 Å². The molecule has 0 amide bonds. The number of hydrogen-bond donors (Lipinski definition) is 1. The van der Waals surface area contributed by atoms with Gasteiger partial charge in [-0.3, -0.25) is 4.79 Å². The third-order valence-electron chi connectivity index (χ3n) is 4.62. The number of phenols is 1. The molecular formula is C21H21Cl2NO5.